The van der Waals surface area contributed by atoms with Crippen LogP contribution in [0.5, 0.6) is 0 Å². The maximum Gasteiger partial charge on any atom is 0.320 e. The first-order chi connectivity index (χ1) is 9.47. The number of hydrogen-bond acceptors (Lipinski definition) is 3. The second-order valence-electron chi connectivity index (χ2n) is 5.39. The quantitative estimate of drug-likeness (QED) is 0.790. The molecule has 5 nitrogen and oxygen atoms in total. The van der Waals surface area contributed by atoms with E-state index in [9.17, 15) is 9.59 Å². The fourth-order valence-corrected chi connectivity index (χ4v) is 2.66. The summed E-state index contributed by atoms with van der Waals surface area (Å²) in [6.45, 7) is 3.59. The van der Waals surface area contributed by atoms with E-state index in [1.54, 1.807) is 0 Å². The molecular weight excluding hydrogens is 256 g/mol. The van der Waals surface area contributed by atoms with Crippen LogP contribution in [-0.2, 0) is 9.59 Å². The molecular formula is C15H20N2O3. The highest BCUT2D eigenvalue weighted by atomic mass is 16.4. The number of carbonyl (C=O) groups excluding carboxylic acids is 1. The zero-order valence-electron chi connectivity index (χ0n) is 11.7. The fraction of sp³-hybridized carbons (Fsp3) is 0.467. The predicted octanol–water partition coefficient (Wildman–Crippen LogP) is 2.16. The molecule has 1 saturated heterocycles. The molecule has 2 rings (SSSR count). The van der Waals surface area contributed by atoms with Crippen LogP contribution in [0.2, 0.25) is 0 Å². The number of carboxylic acids is 1. The van der Waals surface area contributed by atoms with Crippen LogP contribution < -0.4 is 10.6 Å². The Labute approximate surface area is 118 Å². The van der Waals surface area contributed by atoms with Crippen LogP contribution >= 0.6 is 0 Å². The Balaban J connectivity index is 2.12. The van der Waals surface area contributed by atoms with Gasteiger partial charge in [0.25, 0.3) is 0 Å². The number of hydrogen-bond donors (Lipinski definition) is 3. The summed E-state index contributed by atoms with van der Waals surface area (Å²) in [5.74, 6) is -0.512. The molecule has 108 valence electrons. The van der Waals surface area contributed by atoms with Crippen molar-refractivity contribution in [3.05, 3.63) is 29.8 Å². The largest absolute Gasteiger partial charge is 0.480 e. The monoisotopic (exact) mass is 276 g/mol. The van der Waals surface area contributed by atoms with Crippen LogP contribution in [-0.4, -0.2) is 23.0 Å². The SMILES string of the molecule is CC(=O)Nc1ccc([C@@H]2N[C@H](C(=O)O)CC[C@H]2C)cc1. The van der Waals surface area contributed by atoms with Crippen molar-refractivity contribution in [2.75, 3.05) is 5.32 Å². The van der Waals surface area contributed by atoms with Crippen LogP contribution in [0.15, 0.2) is 24.3 Å². The summed E-state index contributed by atoms with van der Waals surface area (Å²) in [5, 5.41) is 15.0. The van der Waals surface area contributed by atoms with Crippen molar-refractivity contribution >= 4 is 17.6 Å². The third-order valence-electron chi connectivity index (χ3n) is 3.75. The van der Waals surface area contributed by atoms with Crippen molar-refractivity contribution in [2.24, 2.45) is 5.92 Å². The molecule has 3 atom stereocenters. The van der Waals surface area contributed by atoms with E-state index in [1.807, 2.05) is 24.3 Å². The number of rotatable bonds is 3. The zero-order chi connectivity index (χ0) is 14.7. The van der Waals surface area contributed by atoms with Crippen LogP contribution in [0, 0.1) is 5.92 Å². The van der Waals surface area contributed by atoms with E-state index in [4.69, 9.17) is 5.11 Å². The number of benzene rings is 1. The Morgan fingerprint density at radius 2 is 1.90 bits per heavy atom. The Bertz CT molecular complexity index is 498. The predicted molar refractivity (Wildman–Crippen MR) is 76.4 cm³/mol. The number of piperidine rings is 1. The topological polar surface area (TPSA) is 78.4 Å². The third-order valence-corrected chi connectivity index (χ3v) is 3.75. The van der Waals surface area contributed by atoms with E-state index in [0.29, 0.717) is 12.3 Å². The van der Waals surface area contributed by atoms with E-state index < -0.39 is 12.0 Å². The average Bonchev–Trinajstić information content (AvgIpc) is 2.39. The molecule has 1 aliphatic heterocycles. The summed E-state index contributed by atoms with van der Waals surface area (Å²) >= 11 is 0. The maximum absolute atomic E-state index is 11.1. The minimum atomic E-state index is -0.795. The van der Waals surface area contributed by atoms with Crippen molar-refractivity contribution in [2.45, 2.75) is 38.8 Å². The van der Waals surface area contributed by atoms with Gasteiger partial charge in [-0.3, -0.25) is 14.9 Å². The van der Waals surface area contributed by atoms with Crippen LogP contribution in [0.1, 0.15) is 38.3 Å². The maximum atomic E-state index is 11.1. The first-order valence-corrected chi connectivity index (χ1v) is 6.84. The van der Waals surface area contributed by atoms with Gasteiger partial charge in [0.05, 0.1) is 0 Å². The number of amides is 1. The minimum Gasteiger partial charge on any atom is -0.480 e. The second-order valence-corrected chi connectivity index (χ2v) is 5.39. The van der Waals surface area contributed by atoms with Gasteiger partial charge in [0.1, 0.15) is 6.04 Å². The molecule has 0 bridgehead atoms. The lowest BCUT2D eigenvalue weighted by atomic mass is 9.85. The van der Waals surface area contributed by atoms with E-state index in [1.165, 1.54) is 6.92 Å². The molecule has 0 aromatic heterocycles. The van der Waals surface area contributed by atoms with Gasteiger partial charge in [0.2, 0.25) is 5.91 Å². The van der Waals surface area contributed by atoms with Crippen molar-refractivity contribution in [3.63, 3.8) is 0 Å². The number of nitrogens with one attached hydrogen (secondary N) is 2. The highest BCUT2D eigenvalue weighted by molar-refractivity contribution is 5.88. The van der Waals surface area contributed by atoms with Gasteiger partial charge in [-0.05, 0) is 36.5 Å². The molecule has 1 aromatic carbocycles. The first kappa shape index (κ1) is 14.5. The van der Waals surface area contributed by atoms with Crippen molar-refractivity contribution in [1.29, 1.82) is 0 Å². The summed E-state index contributed by atoms with van der Waals surface area (Å²) in [5.41, 5.74) is 1.80. The normalized spacial score (nSPS) is 26.0. The lowest BCUT2D eigenvalue weighted by Crippen LogP contribution is -2.45. The number of aliphatic carboxylic acids is 1. The average molecular weight is 276 g/mol. The number of carbonyl (C=O) groups is 2. The molecule has 0 saturated carbocycles. The highest BCUT2D eigenvalue weighted by Gasteiger charge is 2.31. The summed E-state index contributed by atoms with van der Waals surface area (Å²) in [7, 11) is 0. The van der Waals surface area contributed by atoms with Gasteiger partial charge >= 0.3 is 5.97 Å². The molecule has 0 spiro atoms. The molecule has 0 unspecified atom stereocenters. The number of anilines is 1. The summed E-state index contributed by atoms with van der Waals surface area (Å²) in [6.07, 6.45) is 1.55. The first-order valence-electron chi connectivity index (χ1n) is 6.84. The molecule has 5 heteroatoms. The van der Waals surface area contributed by atoms with Crippen LogP contribution in [0.4, 0.5) is 5.69 Å². The molecule has 3 N–H and O–H groups in total. The minimum absolute atomic E-state index is 0.0382. The molecule has 0 aliphatic carbocycles. The molecule has 1 aromatic rings. The molecule has 1 amide bonds. The Kier molecular flexibility index (Phi) is 4.39. The Morgan fingerprint density at radius 3 is 2.45 bits per heavy atom. The second kappa shape index (κ2) is 6.05. The third kappa shape index (κ3) is 3.36. The summed E-state index contributed by atoms with van der Waals surface area (Å²) < 4.78 is 0. The standard InChI is InChI=1S/C15H20N2O3/c1-9-3-8-13(15(19)20)17-14(9)11-4-6-12(7-5-11)16-10(2)18/h4-7,9,13-14,17H,3,8H2,1-2H3,(H,16,18)(H,19,20)/t9-,13+,14-/m1/s1. The lowest BCUT2D eigenvalue weighted by molar-refractivity contribution is -0.140. The van der Waals surface area contributed by atoms with Gasteiger partial charge in [-0.2, -0.15) is 0 Å². The van der Waals surface area contributed by atoms with Gasteiger partial charge in [-0.25, -0.2) is 0 Å². The lowest BCUT2D eigenvalue weighted by Gasteiger charge is -2.34. The summed E-state index contributed by atoms with van der Waals surface area (Å²) in [4.78, 5) is 22.1. The van der Waals surface area contributed by atoms with Gasteiger partial charge in [0.15, 0.2) is 0 Å². The van der Waals surface area contributed by atoms with Crippen molar-refractivity contribution in [3.8, 4) is 0 Å². The molecule has 1 heterocycles. The summed E-state index contributed by atoms with van der Waals surface area (Å²) in [6, 6.07) is 7.11. The molecule has 20 heavy (non-hydrogen) atoms. The van der Waals surface area contributed by atoms with E-state index in [2.05, 4.69) is 17.6 Å². The Hall–Kier alpha value is -1.88. The van der Waals surface area contributed by atoms with E-state index >= 15 is 0 Å². The van der Waals surface area contributed by atoms with E-state index in [0.717, 1.165) is 17.7 Å². The van der Waals surface area contributed by atoms with E-state index in [-0.39, 0.29) is 11.9 Å². The van der Waals surface area contributed by atoms with Gasteiger partial charge < -0.3 is 10.4 Å². The smallest absolute Gasteiger partial charge is 0.320 e. The molecule has 1 fully saturated rings. The van der Waals surface area contributed by atoms with Gasteiger partial charge in [-0.15, -0.1) is 0 Å². The van der Waals surface area contributed by atoms with Crippen LogP contribution in [0.3, 0.4) is 0 Å². The molecule has 0 radical (unpaired) electrons. The van der Waals surface area contributed by atoms with Gasteiger partial charge in [-0.1, -0.05) is 19.1 Å². The highest BCUT2D eigenvalue weighted by Crippen LogP contribution is 2.31. The van der Waals surface area contributed by atoms with Crippen molar-refractivity contribution < 1.29 is 14.7 Å². The Morgan fingerprint density at radius 1 is 1.25 bits per heavy atom. The fourth-order valence-electron chi connectivity index (χ4n) is 2.66. The molecule has 1 aliphatic rings. The van der Waals surface area contributed by atoms with Gasteiger partial charge in [0, 0.05) is 18.7 Å². The number of carboxylic acid groups (broad SMARTS) is 1. The van der Waals surface area contributed by atoms with Crippen LogP contribution in [0.25, 0.3) is 0 Å². The zero-order valence-corrected chi connectivity index (χ0v) is 11.7. The van der Waals surface area contributed by atoms with Crippen molar-refractivity contribution in [1.82, 2.24) is 5.32 Å².